The lowest BCUT2D eigenvalue weighted by molar-refractivity contribution is -0.193. The highest BCUT2D eigenvalue weighted by Crippen LogP contribution is 2.37. The number of hydrogen-bond acceptors (Lipinski definition) is 4. The monoisotopic (exact) mass is 398 g/mol. The van der Waals surface area contributed by atoms with Crippen LogP contribution in [0.3, 0.4) is 0 Å². The van der Waals surface area contributed by atoms with Crippen molar-refractivity contribution in [3.05, 3.63) is 0 Å². The van der Waals surface area contributed by atoms with Gasteiger partial charge >= 0.3 is 24.3 Å². The van der Waals surface area contributed by atoms with Crippen molar-refractivity contribution in [1.82, 2.24) is 5.32 Å². The van der Waals surface area contributed by atoms with Crippen molar-refractivity contribution in [3.8, 4) is 0 Å². The number of carboxylic acids is 2. The number of nitrogens with one attached hydrogen (secondary N) is 1. The van der Waals surface area contributed by atoms with Crippen LogP contribution in [-0.2, 0) is 9.59 Å². The molecule has 1 fully saturated rings. The fourth-order valence-electron chi connectivity index (χ4n) is 1.54. The lowest BCUT2D eigenvalue weighted by atomic mass is 10.0. The first kappa shape index (κ1) is 26.7. The summed E-state index contributed by atoms with van der Waals surface area (Å²) in [6.07, 6.45) is -7.69. The van der Waals surface area contributed by atoms with Gasteiger partial charge in [0.25, 0.3) is 0 Å². The zero-order valence-electron chi connectivity index (χ0n) is 14.5. The molecule has 1 aliphatic rings. The van der Waals surface area contributed by atoms with Crippen molar-refractivity contribution >= 4 is 11.9 Å². The number of rotatable bonds is 5. The quantitative estimate of drug-likeness (QED) is 0.530. The molecule has 0 aromatic heterocycles. The SMILES string of the molecule is CC1CC1CNC(C)(C)CCN.O=C(O)C(F)(F)F.O=C(O)C(F)(F)F. The Morgan fingerprint density at radius 3 is 1.54 bits per heavy atom. The minimum Gasteiger partial charge on any atom is -0.475 e. The van der Waals surface area contributed by atoms with Gasteiger partial charge < -0.3 is 21.3 Å². The number of carboxylic acid groups (broad SMARTS) is 2. The topological polar surface area (TPSA) is 113 Å². The molecule has 0 aromatic rings. The summed E-state index contributed by atoms with van der Waals surface area (Å²) >= 11 is 0. The Bertz CT molecular complexity index is 428. The standard InChI is InChI=1S/C10H22N2.2C2HF3O2/c1-8-6-9(8)7-12-10(2,3)4-5-11;2*3-2(4,5)1(6)7/h8-9,12H,4-7,11H2,1-3H3;2*(H,6,7). The molecular weight excluding hydrogens is 374 g/mol. The predicted molar refractivity (Wildman–Crippen MR) is 80.4 cm³/mol. The summed E-state index contributed by atoms with van der Waals surface area (Å²) in [6.45, 7) is 8.73. The second-order valence-corrected chi connectivity index (χ2v) is 6.38. The maximum atomic E-state index is 10.6. The lowest BCUT2D eigenvalue weighted by Gasteiger charge is -2.25. The van der Waals surface area contributed by atoms with E-state index in [1.54, 1.807) is 0 Å². The third-order valence-corrected chi connectivity index (χ3v) is 3.37. The van der Waals surface area contributed by atoms with Gasteiger partial charge in [-0.05, 0) is 51.6 Å². The maximum absolute atomic E-state index is 10.6. The Labute approximate surface area is 146 Å². The molecule has 2 unspecified atom stereocenters. The Hall–Kier alpha value is -1.56. The van der Waals surface area contributed by atoms with Crippen LogP contribution in [0.2, 0.25) is 0 Å². The predicted octanol–water partition coefficient (Wildman–Crippen LogP) is 2.63. The molecule has 6 nitrogen and oxygen atoms in total. The van der Waals surface area contributed by atoms with E-state index in [2.05, 4.69) is 26.1 Å². The van der Waals surface area contributed by atoms with Crippen LogP contribution in [0.1, 0.15) is 33.6 Å². The highest BCUT2D eigenvalue weighted by atomic mass is 19.4. The summed E-state index contributed by atoms with van der Waals surface area (Å²) in [7, 11) is 0. The van der Waals surface area contributed by atoms with Gasteiger partial charge in [-0.15, -0.1) is 0 Å². The van der Waals surface area contributed by atoms with Gasteiger partial charge in [-0.25, -0.2) is 9.59 Å². The zero-order valence-corrected chi connectivity index (χ0v) is 14.5. The highest BCUT2D eigenvalue weighted by molar-refractivity contribution is 5.73. The van der Waals surface area contributed by atoms with E-state index in [-0.39, 0.29) is 5.54 Å². The number of hydrogen-bond donors (Lipinski definition) is 4. The van der Waals surface area contributed by atoms with Crippen LogP contribution in [0, 0.1) is 11.8 Å². The van der Waals surface area contributed by atoms with Crippen LogP contribution in [0.25, 0.3) is 0 Å². The maximum Gasteiger partial charge on any atom is 0.490 e. The van der Waals surface area contributed by atoms with Gasteiger partial charge in [0.1, 0.15) is 0 Å². The molecule has 12 heteroatoms. The van der Waals surface area contributed by atoms with E-state index >= 15 is 0 Å². The van der Waals surface area contributed by atoms with E-state index in [9.17, 15) is 26.3 Å². The van der Waals surface area contributed by atoms with Crippen LogP contribution < -0.4 is 11.1 Å². The summed E-state index contributed by atoms with van der Waals surface area (Å²) in [5.74, 6) is -3.63. The molecule has 0 aromatic carbocycles. The number of nitrogens with two attached hydrogens (primary N) is 1. The van der Waals surface area contributed by atoms with Crippen molar-refractivity contribution in [3.63, 3.8) is 0 Å². The highest BCUT2D eigenvalue weighted by Gasteiger charge is 2.38. The van der Waals surface area contributed by atoms with Crippen molar-refractivity contribution in [2.24, 2.45) is 17.6 Å². The average Bonchev–Trinajstić information content (AvgIpc) is 3.12. The van der Waals surface area contributed by atoms with E-state index in [0.717, 1.165) is 24.8 Å². The smallest absolute Gasteiger partial charge is 0.475 e. The summed E-state index contributed by atoms with van der Waals surface area (Å²) < 4.78 is 63.5. The van der Waals surface area contributed by atoms with Gasteiger partial charge in [0, 0.05) is 5.54 Å². The molecule has 156 valence electrons. The number of carbonyl (C=O) groups is 2. The molecule has 0 heterocycles. The molecule has 2 atom stereocenters. The zero-order chi connectivity index (χ0) is 21.3. The van der Waals surface area contributed by atoms with E-state index < -0.39 is 24.3 Å². The lowest BCUT2D eigenvalue weighted by Crippen LogP contribution is -2.42. The molecule has 1 rings (SSSR count). The van der Waals surface area contributed by atoms with Gasteiger partial charge in [-0.3, -0.25) is 0 Å². The first-order chi connectivity index (χ1) is 11.4. The van der Waals surface area contributed by atoms with Gasteiger partial charge in [0.15, 0.2) is 0 Å². The van der Waals surface area contributed by atoms with E-state index in [1.807, 2.05) is 0 Å². The van der Waals surface area contributed by atoms with Gasteiger partial charge in [0.2, 0.25) is 0 Å². The molecule has 0 spiro atoms. The Balaban J connectivity index is 0. The largest absolute Gasteiger partial charge is 0.490 e. The fourth-order valence-corrected chi connectivity index (χ4v) is 1.54. The molecule has 26 heavy (non-hydrogen) atoms. The first-order valence-corrected chi connectivity index (χ1v) is 7.49. The van der Waals surface area contributed by atoms with E-state index in [1.165, 1.54) is 13.0 Å². The van der Waals surface area contributed by atoms with Gasteiger partial charge in [-0.1, -0.05) is 6.92 Å². The second kappa shape index (κ2) is 10.6. The molecule has 0 radical (unpaired) electrons. The summed E-state index contributed by atoms with van der Waals surface area (Å²) in [6, 6.07) is 0. The third kappa shape index (κ3) is 14.8. The van der Waals surface area contributed by atoms with Crippen LogP contribution >= 0.6 is 0 Å². The third-order valence-electron chi connectivity index (χ3n) is 3.37. The van der Waals surface area contributed by atoms with Crippen molar-refractivity contribution in [2.45, 2.75) is 51.5 Å². The van der Waals surface area contributed by atoms with Crippen LogP contribution in [0.15, 0.2) is 0 Å². The number of halogens is 6. The van der Waals surface area contributed by atoms with Gasteiger partial charge in [-0.2, -0.15) is 26.3 Å². The summed E-state index contributed by atoms with van der Waals surface area (Å²) in [4.78, 5) is 17.8. The minimum absolute atomic E-state index is 0.233. The number of alkyl halides is 6. The Morgan fingerprint density at radius 1 is 1.04 bits per heavy atom. The molecule has 1 saturated carbocycles. The molecule has 5 N–H and O–H groups in total. The average molecular weight is 398 g/mol. The fraction of sp³-hybridized carbons (Fsp3) is 0.857. The van der Waals surface area contributed by atoms with Crippen LogP contribution in [0.4, 0.5) is 26.3 Å². The Morgan fingerprint density at radius 2 is 1.35 bits per heavy atom. The molecule has 0 aliphatic heterocycles. The molecule has 0 amide bonds. The minimum atomic E-state index is -5.08. The normalized spacial score (nSPS) is 19.5. The van der Waals surface area contributed by atoms with Crippen LogP contribution in [0.5, 0.6) is 0 Å². The molecule has 0 bridgehead atoms. The van der Waals surface area contributed by atoms with Gasteiger partial charge in [0.05, 0.1) is 0 Å². The van der Waals surface area contributed by atoms with E-state index in [0.29, 0.717) is 0 Å². The molecule has 1 aliphatic carbocycles. The summed E-state index contributed by atoms with van der Waals surface area (Å²) in [5, 5.41) is 17.8. The van der Waals surface area contributed by atoms with Crippen molar-refractivity contribution in [1.29, 1.82) is 0 Å². The summed E-state index contributed by atoms with van der Waals surface area (Å²) in [5.41, 5.74) is 5.76. The van der Waals surface area contributed by atoms with Crippen molar-refractivity contribution in [2.75, 3.05) is 13.1 Å². The molecular formula is C14H24F6N2O4. The number of aliphatic carboxylic acids is 2. The Kier molecular flexibility index (Phi) is 10.8. The van der Waals surface area contributed by atoms with Crippen LogP contribution in [-0.4, -0.2) is 53.1 Å². The first-order valence-electron chi connectivity index (χ1n) is 7.49. The van der Waals surface area contributed by atoms with Crippen molar-refractivity contribution < 1.29 is 46.1 Å². The second-order valence-electron chi connectivity index (χ2n) is 6.38. The molecule has 0 saturated heterocycles. The van der Waals surface area contributed by atoms with E-state index in [4.69, 9.17) is 25.5 Å².